The number of ether oxygens (including phenoxy) is 1. The minimum atomic E-state index is 0.569. The van der Waals surface area contributed by atoms with Gasteiger partial charge in [0.2, 0.25) is 0 Å². The highest BCUT2D eigenvalue weighted by molar-refractivity contribution is 4.71. The second-order valence-electron chi connectivity index (χ2n) is 5.77. The zero-order valence-corrected chi connectivity index (χ0v) is 11.3. The molecule has 2 aliphatic rings. The SMILES string of the molecule is C1CCCC(NCCCC2CCCCO2)CC1. The summed E-state index contributed by atoms with van der Waals surface area (Å²) in [5, 5.41) is 3.75. The van der Waals surface area contributed by atoms with E-state index in [2.05, 4.69) is 5.32 Å². The van der Waals surface area contributed by atoms with Gasteiger partial charge < -0.3 is 10.1 Å². The molecule has 2 nitrogen and oxygen atoms in total. The molecule has 0 amide bonds. The Hall–Kier alpha value is -0.0800. The number of nitrogens with one attached hydrogen (secondary N) is 1. The molecule has 0 aromatic heterocycles. The van der Waals surface area contributed by atoms with Crippen molar-refractivity contribution in [1.82, 2.24) is 5.32 Å². The first-order valence-electron chi connectivity index (χ1n) is 7.80. The number of hydrogen-bond acceptors (Lipinski definition) is 2. The fraction of sp³-hybridized carbons (Fsp3) is 1.00. The average molecular weight is 239 g/mol. The summed E-state index contributed by atoms with van der Waals surface area (Å²) in [6.45, 7) is 2.20. The van der Waals surface area contributed by atoms with Gasteiger partial charge in [0.25, 0.3) is 0 Å². The molecular formula is C15H29NO. The van der Waals surface area contributed by atoms with E-state index in [4.69, 9.17) is 4.74 Å². The molecule has 0 bridgehead atoms. The molecule has 0 aromatic rings. The second-order valence-corrected chi connectivity index (χ2v) is 5.77. The minimum absolute atomic E-state index is 0.569. The van der Waals surface area contributed by atoms with Crippen molar-refractivity contribution in [3.05, 3.63) is 0 Å². The van der Waals surface area contributed by atoms with Crippen molar-refractivity contribution in [1.29, 1.82) is 0 Å². The molecule has 2 fully saturated rings. The fourth-order valence-electron chi connectivity index (χ4n) is 3.15. The molecule has 100 valence electrons. The van der Waals surface area contributed by atoms with Crippen LogP contribution in [-0.2, 0) is 4.74 Å². The lowest BCUT2D eigenvalue weighted by molar-refractivity contribution is 0.0101. The van der Waals surface area contributed by atoms with E-state index >= 15 is 0 Å². The molecule has 1 aliphatic heterocycles. The van der Waals surface area contributed by atoms with E-state index in [1.54, 1.807) is 0 Å². The highest BCUT2D eigenvalue weighted by atomic mass is 16.5. The van der Waals surface area contributed by atoms with Crippen LogP contribution in [0.3, 0.4) is 0 Å². The van der Waals surface area contributed by atoms with Crippen LogP contribution in [0.5, 0.6) is 0 Å². The van der Waals surface area contributed by atoms with Gasteiger partial charge in [0, 0.05) is 12.6 Å². The van der Waals surface area contributed by atoms with Gasteiger partial charge in [-0.15, -0.1) is 0 Å². The van der Waals surface area contributed by atoms with E-state index < -0.39 is 0 Å². The molecule has 2 rings (SSSR count). The van der Waals surface area contributed by atoms with Gasteiger partial charge in [-0.3, -0.25) is 0 Å². The van der Waals surface area contributed by atoms with E-state index in [9.17, 15) is 0 Å². The molecule has 1 heterocycles. The zero-order valence-electron chi connectivity index (χ0n) is 11.3. The fourth-order valence-corrected chi connectivity index (χ4v) is 3.15. The summed E-state index contributed by atoms with van der Waals surface area (Å²) in [4.78, 5) is 0. The Balaban J connectivity index is 1.49. The molecule has 0 radical (unpaired) electrons. The standard InChI is InChI=1S/C15H29NO/c1-2-4-9-14(8-3-1)16-12-7-11-15-10-5-6-13-17-15/h14-16H,1-13H2. The van der Waals surface area contributed by atoms with Crippen LogP contribution in [0.2, 0.25) is 0 Å². The maximum Gasteiger partial charge on any atom is 0.0575 e. The van der Waals surface area contributed by atoms with Gasteiger partial charge in [-0.1, -0.05) is 25.7 Å². The molecule has 1 aliphatic carbocycles. The summed E-state index contributed by atoms with van der Waals surface area (Å²) in [5.41, 5.74) is 0. The first-order valence-corrected chi connectivity index (χ1v) is 7.80. The third-order valence-electron chi connectivity index (χ3n) is 4.27. The van der Waals surface area contributed by atoms with Crippen LogP contribution in [0.4, 0.5) is 0 Å². The maximum absolute atomic E-state index is 5.76. The lowest BCUT2D eigenvalue weighted by Crippen LogP contribution is -2.30. The van der Waals surface area contributed by atoms with Crippen molar-refractivity contribution < 1.29 is 4.74 Å². The molecule has 0 spiro atoms. The van der Waals surface area contributed by atoms with Crippen molar-refractivity contribution in [3.63, 3.8) is 0 Å². The summed E-state index contributed by atoms with van der Waals surface area (Å²) >= 11 is 0. The topological polar surface area (TPSA) is 21.3 Å². The molecule has 0 aromatic carbocycles. The van der Waals surface area contributed by atoms with E-state index in [1.807, 2.05) is 0 Å². The Morgan fingerprint density at radius 3 is 2.35 bits per heavy atom. The predicted octanol–water partition coefficient (Wildman–Crippen LogP) is 3.65. The van der Waals surface area contributed by atoms with Gasteiger partial charge in [0.15, 0.2) is 0 Å². The molecular weight excluding hydrogens is 210 g/mol. The second kappa shape index (κ2) is 8.10. The summed E-state index contributed by atoms with van der Waals surface area (Å²) in [5.74, 6) is 0. The lowest BCUT2D eigenvalue weighted by atomic mass is 10.0. The van der Waals surface area contributed by atoms with Gasteiger partial charge in [-0.05, 0) is 51.5 Å². The van der Waals surface area contributed by atoms with Gasteiger partial charge in [-0.2, -0.15) is 0 Å². The third-order valence-corrected chi connectivity index (χ3v) is 4.27. The Kier molecular flexibility index (Phi) is 6.36. The molecule has 2 heteroatoms. The van der Waals surface area contributed by atoms with Crippen LogP contribution in [0.1, 0.15) is 70.6 Å². The van der Waals surface area contributed by atoms with Crippen molar-refractivity contribution in [3.8, 4) is 0 Å². The monoisotopic (exact) mass is 239 g/mol. The Morgan fingerprint density at radius 1 is 0.882 bits per heavy atom. The normalized spacial score (nSPS) is 27.9. The smallest absolute Gasteiger partial charge is 0.0575 e. The molecule has 1 N–H and O–H groups in total. The van der Waals surface area contributed by atoms with E-state index in [0.29, 0.717) is 6.10 Å². The first kappa shape index (κ1) is 13.4. The predicted molar refractivity (Wildman–Crippen MR) is 72.3 cm³/mol. The molecule has 1 unspecified atom stereocenters. The van der Waals surface area contributed by atoms with Crippen LogP contribution >= 0.6 is 0 Å². The van der Waals surface area contributed by atoms with Crippen molar-refractivity contribution in [2.75, 3.05) is 13.2 Å². The van der Waals surface area contributed by atoms with E-state index in [0.717, 1.165) is 12.6 Å². The summed E-state index contributed by atoms with van der Waals surface area (Å²) < 4.78 is 5.76. The van der Waals surface area contributed by atoms with Crippen LogP contribution in [-0.4, -0.2) is 25.3 Å². The molecule has 1 atom stereocenters. The lowest BCUT2D eigenvalue weighted by Gasteiger charge is -2.23. The van der Waals surface area contributed by atoms with Crippen LogP contribution in [0.25, 0.3) is 0 Å². The third kappa shape index (κ3) is 5.39. The highest BCUT2D eigenvalue weighted by Crippen LogP contribution is 2.18. The summed E-state index contributed by atoms with van der Waals surface area (Å²) in [6, 6.07) is 0.810. The van der Waals surface area contributed by atoms with Crippen molar-refractivity contribution in [2.45, 2.75) is 82.8 Å². The molecule has 1 saturated carbocycles. The summed E-state index contributed by atoms with van der Waals surface area (Å²) in [6.07, 6.45) is 15.6. The minimum Gasteiger partial charge on any atom is -0.378 e. The number of hydrogen-bond donors (Lipinski definition) is 1. The Labute approximate surface area is 107 Å². The van der Waals surface area contributed by atoms with Gasteiger partial charge in [0.1, 0.15) is 0 Å². The quantitative estimate of drug-likeness (QED) is 0.584. The number of rotatable bonds is 5. The van der Waals surface area contributed by atoms with Crippen LogP contribution in [0, 0.1) is 0 Å². The summed E-state index contributed by atoms with van der Waals surface area (Å²) in [7, 11) is 0. The average Bonchev–Trinajstić information content (AvgIpc) is 2.65. The van der Waals surface area contributed by atoms with Gasteiger partial charge in [-0.25, -0.2) is 0 Å². The molecule has 1 saturated heterocycles. The first-order chi connectivity index (χ1) is 8.45. The van der Waals surface area contributed by atoms with Gasteiger partial charge in [0.05, 0.1) is 6.10 Å². The van der Waals surface area contributed by atoms with Crippen molar-refractivity contribution >= 4 is 0 Å². The Morgan fingerprint density at radius 2 is 1.65 bits per heavy atom. The largest absolute Gasteiger partial charge is 0.378 e. The molecule has 17 heavy (non-hydrogen) atoms. The Bertz CT molecular complexity index is 181. The maximum atomic E-state index is 5.76. The van der Waals surface area contributed by atoms with Crippen LogP contribution in [0.15, 0.2) is 0 Å². The van der Waals surface area contributed by atoms with Crippen LogP contribution < -0.4 is 5.32 Å². The van der Waals surface area contributed by atoms with E-state index in [-0.39, 0.29) is 0 Å². The highest BCUT2D eigenvalue weighted by Gasteiger charge is 2.14. The zero-order chi connectivity index (χ0) is 11.8. The van der Waals surface area contributed by atoms with Gasteiger partial charge >= 0.3 is 0 Å². The van der Waals surface area contributed by atoms with Crippen molar-refractivity contribution in [2.24, 2.45) is 0 Å². The van der Waals surface area contributed by atoms with E-state index in [1.165, 1.54) is 77.2 Å².